The standard InChI is InChI=1S/C16H15NO3S/c1-19-11-7-3-4-8-12(11)20-13-9-5-6-10-14(13)17-16(18)15(10)21-2/h3-9,15H,1-2H3,(H,17,18). The molecule has 0 saturated heterocycles. The molecule has 21 heavy (non-hydrogen) atoms. The Labute approximate surface area is 127 Å². The van der Waals surface area contributed by atoms with E-state index in [9.17, 15) is 4.79 Å². The van der Waals surface area contributed by atoms with Crippen LogP contribution in [0.5, 0.6) is 17.2 Å². The molecule has 2 aromatic carbocycles. The van der Waals surface area contributed by atoms with Gasteiger partial charge in [0.1, 0.15) is 5.25 Å². The molecule has 0 spiro atoms. The first-order valence-electron chi connectivity index (χ1n) is 6.52. The number of carbonyl (C=O) groups excluding carboxylic acids is 1. The summed E-state index contributed by atoms with van der Waals surface area (Å²) in [7, 11) is 1.60. The molecule has 0 aliphatic carbocycles. The first-order chi connectivity index (χ1) is 10.2. The molecule has 0 radical (unpaired) electrons. The number of nitrogens with one attached hydrogen (secondary N) is 1. The van der Waals surface area contributed by atoms with Gasteiger partial charge in [-0.3, -0.25) is 4.79 Å². The molecular weight excluding hydrogens is 286 g/mol. The second-order valence-electron chi connectivity index (χ2n) is 4.58. The van der Waals surface area contributed by atoms with E-state index in [0.717, 1.165) is 11.3 Å². The van der Waals surface area contributed by atoms with Crippen LogP contribution in [0.1, 0.15) is 10.8 Å². The largest absolute Gasteiger partial charge is 0.493 e. The number of methoxy groups -OCH3 is 1. The third kappa shape index (κ3) is 2.45. The highest BCUT2D eigenvalue weighted by atomic mass is 32.2. The molecule has 4 nitrogen and oxygen atoms in total. The summed E-state index contributed by atoms with van der Waals surface area (Å²) in [4.78, 5) is 12.0. The summed E-state index contributed by atoms with van der Waals surface area (Å²) in [6, 6.07) is 13.1. The third-order valence-corrected chi connectivity index (χ3v) is 4.29. The van der Waals surface area contributed by atoms with Crippen LogP contribution in [0.15, 0.2) is 42.5 Å². The number of fused-ring (bicyclic) bond motifs is 1. The minimum atomic E-state index is -0.179. The van der Waals surface area contributed by atoms with Gasteiger partial charge in [-0.15, -0.1) is 11.8 Å². The van der Waals surface area contributed by atoms with E-state index in [1.807, 2.05) is 48.7 Å². The Hall–Kier alpha value is -2.14. The summed E-state index contributed by atoms with van der Waals surface area (Å²) in [5.74, 6) is 1.89. The molecule has 3 rings (SSSR count). The van der Waals surface area contributed by atoms with Crippen molar-refractivity contribution in [3.63, 3.8) is 0 Å². The predicted molar refractivity (Wildman–Crippen MR) is 84.4 cm³/mol. The maximum absolute atomic E-state index is 12.0. The van der Waals surface area contributed by atoms with Gasteiger partial charge in [-0.1, -0.05) is 24.3 Å². The number of thioether (sulfide) groups is 1. The normalized spacial score (nSPS) is 16.3. The maximum Gasteiger partial charge on any atom is 0.242 e. The molecule has 0 aromatic heterocycles. The Kier molecular flexibility index (Phi) is 3.75. The molecule has 108 valence electrons. The fourth-order valence-corrected chi connectivity index (χ4v) is 3.09. The van der Waals surface area contributed by atoms with Crippen molar-refractivity contribution in [3.8, 4) is 17.2 Å². The average molecular weight is 301 g/mol. The molecule has 1 aliphatic heterocycles. The number of carbonyl (C=O) groups is 1. The lowest BCUT2D eigenvalue weighted by Gasteiger charge is -2.13. The van der Waals surface area contributed by atoms with E-state index in [2.05, 4.69) is 5.32 Å². The van der Waals surface area contributed by atoms with Crippen LogP contribution < -0.4 is 14.8 Å². The van der Waals surface area contributed by atoms with Gasteiger partial charge in [0.2, 0.25) is 5.91 Å². The lowest BCUT2D eigenvalue weighted by molar-refractivity contribution is -0.115. The SMILES string of the molecule is COc1ccccc1Oc1cccc2c1NC(=O)C2SC. The van der Waals surface area contributed by atoms with Gasteiger partial charge in [-0.2, -0.15) is 0 Å². The second kappa shape index (κ2) is 5.69. The fraction of sp³-hybridized carbons (Fsp3) is 0.188. The molecule has 2 aromatic rings. The Morgan fingerprint density at radius 2 is 1.76 bits per heavy atom. The van der Waals surface area contributed by atoms with Gasteiger partial charge in [0.25, 0.3) is 0 Å². The number of amides is 1. The molecular formula is C16H15NO3S. The summed E-state index contributed by atoms with van der Waals surface area (Å²) < 4.78 is 11.2. The van der Waals surface area contributed by atoms with Gasteiger partial charge in [0.15, 0.2) is 17.2 Å². The van der Waals surface area contributed by atoms with Gasteiger partial charge in [0.05, 0.1) is 12.8 Å². The summed E-state index contributed by atoms with van der Waals surface area (Å²) >= 11 is 1.51. The van der Waals surface area contributed by atoms with Crippen LogP contribution in [0, 0.1) is 0 Å². The van der Waals surface area contributed by atoms with Crippen LogP contribution >= 0.6 is 11.8 Å². The zero-order valence-corrected chi connectivity index (χ0v) is 12.6. The molecule has 1 unspecified atom stereocenters. The predicted octanol–water partition coefficient (Wildman–Crippen LogP) is 3.84. The van der Waals surface area contributed by atoms with E-state index in [1.165, 1.54) is 11.8 Å². The van der Waals surface area contributed by atoms with Crippen molar-refractivity contribution in [2.45, 2.75) is 5.25 Å². The first-order valence-corrected chi connectivity index (χ1v) is 7.81. The second-order valence-corrected chi connectivity index (χ2v) is 5.52. The van der Waals surface area contributed by atoms with Gasteiger partial charge >= 0.3 is 0 Å². The molecule has 1 atom stereocenters. The highest BCUT2D eigenvalue weighted by Gasteiger charge is 2.32. The van der Waals surface area contributed by atoms with Crippen molar-refractivity contribution in [2.24, 2.45) is 0 Å². The number of rotatable bonds is 4. The average Bonchev–Trinajstić information content (AvgIpc) is 2.84. The van der Waals surface area contributed by atoms with E-state index >= 15 is 0 Å². The Morgan fingerprint density at radius 3 is 2.48 bits per heavy atom. The molecule has 1 N–H and O–H groups in total. The Bertz CT molecular complexity index is 687. The summed E-state index contributed by atoms with van der Waals surface area (Å²) in [5.41, 5.74) is 1.70. The van der Waals surface area contributed by atoms with E-state index in [0.29, 0.717) is 17.2 Å². The lowest BCUT2D eigenvalue weighted by atomic mass is 10.1. The van der Waals surface area contributed by atoms with E-state index in [1.54, 1.807) is 7.11 Å². The van der Waals surface area contributed by atoms with Crippen LogP contribution in [0.25, 0.3) is 0 Å². The fourth-order valence-electron chi connectivity index (χ4n) is 2.37. The molecule has 1 aliphatic rings. The zero-order valence-electron chi connectivity index (χ0n) is 11.8. The van der Waals surface area contributed by atoms with Crippen molar-refractivity contribution in [3.05, 3.63) is 48.0 Å². The number of anilines is 1. The molecule has 1 heterocycles. The molecule has 5 heteroatoms. The van der Waals surface area contributed by atoms with Crippen molar-refractivity contribution in [2.75, 3.05) is 18.7 Å². The number of para-hydroxylation sites is 3. The topological polar surface area (TPSA) is 47.6 Å². The van der Waals surface area contributed by atoms with Gasteiger partial charge < -0.3 is 14.8 Å². The molecule has 0 saturated carbocycles. The van der Waals surface area contributed by atoms with Gasteiger partial charge in [-0.25, -0.2) is 0 Å². The number of ether oxygens (including phenoxy) is 2. The molecule has 0 fully saturated rings. The minimum Gasteiger partial charge on any atom is -0.493 e. The number of hydrogen-bond donors (Lipinski definition) is 1. The number of hydrogen-bond acceptors (Lipinski definition) is 4. The quantitative estimate of drug-likeness (QED) is 0.932. The monoisotopic (exact) mass is 301 g/mol. The summed E-state index contributed by atoms with van der Waals surface area (Å²) in [6.07, 6.45) is 1.92. The van der Waals surface area contributed by atoms with Gasteiger partial charge in [0, 0.05) is 5.56 Å². The van der Waals surface area contributed by atoms with Crippen LogP contribution in [-0.2, 0) is 4.79 Å². The summed E-state index contributed by atoms with van der Waals surface area (Å²) in [5, 5.41) is 2.72. The first kappa shape index (κ1) is 13.8. The maximum atomic E-state index is 12.0. The smallest absolute Gasteiger partial charge is 0.242 e. The van der Waals surface area contributed by atoms with Crippen molar-refractivity contribution < 1.29 is 14.3 Å². The number of benzene rings is 2. The minimum absolute atomic E-state index is 0.00595. The van der Waals surface area contributed by atoms with Crippen LogP contribution in [-0.4, -0.2) is 19.3 Å². The molecule has 1 amide bonds. The van der Waals surface area contributed by atoms with Crippen molar-refractivity contribution in [1.29, 1.82) is 0 Å². The Balaban J connectivity index is 1.98. The lowest BCUT2D eigenvalue weighted by Crippen LogP contribution is -2.08. The summed E-state index contributed by atoms with van der Waals surface area (Å²) in [6.45, 7) is 0. The van der Waals surface area contributed by atoms with Crippen molar-refractivity contribution in [1.82, 2.24) is 0 Å². The van der Waals surface area contributed by atoms with E-state index in [4.69, 9.17) is 9.47 Å². The van der Waals surface area contributed by atoms with Crippen LogP contribution in [0.3, 0.4) is 0 Å². The highest BCUT2D eigenvalue weighted by Crippen LogP contribution is 2.45. The van der Waals surface area contributed by atoms with Crippen molar-refractivity contribution >= 4 is 23.4 Å². The van der Waals surface area contributed by atoms with Crippen LogP contribution in [0.4, 0.5) is 5.69 Å². The third-order valence-electron chi connectivity index (χ3n) is 3.35. The highest BCUT2D eigenvalue weighted by molar-refractivity contribution is 7.99. The zero-order chi connectivity index (χ0) is 14.8. The van der Waals surface area contributed by atoms with Gasteiger partial charge in [-0.05, 0) is 24.5 Å². The molecule has 0 bridgehead atoms. The van der Waals surface area contributed by atoms with E-state index in [-0.39, 0.29) is 11.2 Å². The Morgan fingerprint density at radius 1 is 1.05 bits per heavy atom. The van der Waals surface area contributed by atoms with Crippen LogP contribution in [0.2, 0.25) is 0 Å². The van der Waals surface area contributed by atoms with E-state index < -0.39 is 0 Å².